The highest BCUT2D eigenvalue weighted by Gasteiger charge is 2.27. The van der Waals surface area contributed by atoms with Crippen molar-refractivity contribution >= 4 is 32.4 Å². The van der Waals surface area contributed by atoms with Gasteiger partial charge in [-0.3, -0.25) is 4.79 Å². The van der Waals surface area contributed by atoms with Crippen molar-refractivity contribution in [2.75, 3.05) is 25.0 Å². The van der Waals surface area contributed by atoms with Crippen LogP contribution in [-0.2, 0) is 21.2 Å². The fourth-order valence-corrected chi connectivity index (χ4v) is 5.66. The van der Waals surface area contributed by atoms with E-state index in [1.807, 2.05) is 49.4 Å². The van der Waals surface area contributed by atoms with Crippen molar-refractivity contribution in [1.29, 1.82) is 0 Å². The summed E-state index contributed by atoms with van der Waals surface area (Å²) in [6.07, 6.45) is 2.95. The second kappa shape index (κ2) is 9.71. The van der Waals surface area contributed by atoms with Gasteiger partial charge in [0.2, 0.25) is 15.9 Å². The Kier molecular flexibility index (Phi) is 6.77. The van der Waals surface area contributed by atoms with Gasteiger partial charge in [0.1, 0.15) is 5.75 Å². The number of nitrogens with one attached hydrogen (secondary N) is 1. The van der Waals surface area contributed by atoms with Gasteiger partial charge in [-0.1, -0.05) is 48.9 Å². The van der Waals surface area contributed by atoms with Crippen LogP contribution in [0.2, 0.25) is 0 Å². The van der Waals surface area contributed by atoms with Crippen molar-refractivity contribution in [2.45, 2.75) is 37.5 Å². The first-order valence-corrected chi connectivity index (χ1v) is 12.5. The monoisotopic (exact) mass is 452 g/mol. The van der Waals surface area contributed by atoms with Gasteiger partial charge in [0.15, 0.2) is 0 Å². The lowest BCUT2D eigenvalue weighted by Gasteiger charge is -2.26. The molecule has 0 unspecified atom stereocenters. The molecular formula is C25H28N2O4S. The van der Waals surface area contributed by atoms with Crippen LogP contribution in [0.5, 0.6) is 5.75 Å². The number of rotatable bonds is 7. The number of ether oxygens (including phenoxy) is 1. The quantitative estimate of drug-likeness (QED) is 0.569. The average molecular weight is 453 g/mol. The summed E-state index contributed by atoms with van der Waals surface area (Å²) in [6.45, 7) is 3.31. The van der Waals surface area contributed by atoms with E-state index >= 15 is 0 Å². The highest BCUT2D eigenvalue weighted by molar-refractivity contribution is 7.89. The molecule has 1 saturated heterocycles. The number of hydrogen-bond donors (Lipinski definition) is 1. The third-order valence-corrected chi connectivity index (χ3v) is 7.60. The molecular weight excluding hydrogens is 424 g/mol. The van der Waals surface area contributed by atoms with Crippen molar-refractivity contribution in [3.05, 3.63) is 66.2 Å². The Morgan fingerprint density at radius 1 is 1.00 bits per heavy atom. The second-order valence-electron chi connectivity index (χ2n) is 7.92. The molecule has 0 spiro atoms. The van der Waals surface area contributed by atoms with Gasteiger partial charge in [-0.2, -0.15) is 4.31 Å². The van der Waals surface area contributed by atoms with Crippen LogP contribution in [0.1, 0.15) is 31.7 Å². The smallest absolute Gasteiger partial charge is 0.243 e. The van der Waals surface area contributed by atoms with Crippen molar-refractivity contribution in [3.63, 3.8) is 0 Å². The molecule has 0 radical (unpaired) electrons. The zero-order valence-corrected chi connectivity index (χ0v) is 19.0. The molecule has 1 aliphatic rings. The summed E-state index contributed by atoms with van der Waals surface area (Å²) >= 11 is 0. The molecule has 1 aliphatic heterocycles. The van der Waals surface area contributed by atoms with Crippen molar-refractivity contribution in [2.24, 2.45) is 0 Å². The molecule has 0 saturated carbocycles. The van der Waals surface area contributed by atoms with E-state index in [4.69, 9.17) is 4.74 Å². The molecule has 6 nitrogen and oxygen atoms in total. The van der Waals surface area contributed by atoms with E-state index in [0.717, 1.165) is 35.6 Å². The third kappa shape index (κ3) is 4.79. The molecule has 0 bridgehead atoms. The van der Waals surface area contributed by atoms with Crippen LogP contribution in [0.25, 0.3) is 10.8 Å². The molecule has 3 aromatic carbocycles. The van der Waals surface area contributed by atoms with Crippen LogP contribution in [0.4, 0.5) is 5.69 Å². The maximum atomic E-state index is 13.1. The van der Waals surface area contributed by atoms with E-state index in [2.05, 4.69) is 5.32 Å². The van der Waals surface area contributed by atoms with Gasteiger partial charge in [-0.15, -0.1) is 0 Å². The summed E-state index contributed by atoms with van der Waals surface area (Å²) < 4.78 is 33.4. The number of anilines is 1. The van der Waals surface area contributed by atoms with Gasteiger partial charge in [-0.25, -0.2) is 8.42 Å². The third-order valence-electron chi connectivity index (χ3n) is 5.71. The molecule has 168 valence electrons. The predicted octanol–water partition coefficient (Wildman–Crippen LogP) is 4.59. The second-order valence-corrected chi connectivity index (χ2v) is 9.86. The molecule has 7 heteroatoms. The minimum absolute atomic E-state index is 0.170. The first-order chi connectivity index (χ1) is 15.5. The fraction of sp³-hybridized carbons (Fsp3) is 0.320. The molecule has 0 aromatic heterocycles. The van der Waals surface area contributed by atoms with Crippen LogP contribution in [0.15, 0.2) is 65.6 Å². The Hall–Kier alpha value is -2.90. The van der Waals surface area contributed by atoms with E-state index in [1.165, 1.54) is 10.4 Å². The first kappa shape index (κ1) is 22.3. The average Bonchev–Trinajstić information content (AvgIpc) is 2.81. The topological polar surface area (TPSA) is 75.7 Å². The lowest BCUT2D eigenvalue weighted by molar-refractivity contribution is -0.115. The largest absolute Gasteiger partial charge is 0.492 e. The Labute approximate surface area is 189 Å². The van der Waals surface area contributed by atoms with Gasteiger partial charge in [0.25, 0.3) is 0 Å². The minimum atomic E-state index is -3.61. The summed E-state index contributed by atoms with van der Waals surface area (Å²) in [7, 11) is -3.61. The molecule has 1 fully saturated rings. The molecule has 3 aromatic rings. The van der Waals surface area contributed by atoms with E-state index in [0.29, 0.717) is 31.1 Å². The lowest BCUT2D eigenvalue weighted by atomic mass is 10.0. The highest BCUT2D eigenvalue weighted by atomic mass is 32.2. The first-order valence-electron chi connectivity index (χ1n) is 11.0. The summed E-state index contributed by atoms with van der Waals surface area (Å²) in [5, 5.41) is 4.97. The van der Waals surface area contributed by atoms with Gasteiger partial charge in [0, 0.05) is 13.1 Å². The number of fused-ring (bicyclic) bond motifs is 1. The minimum Gasteiger partial charge on any atom is -0.492 e. The number of benzene rings is 3. The molecule has 1 amide bonds. The maximum absolute atomic E-state index is 13.1. The normalized spacial score (nSPS) is 14.9. The van der Waals surface area contributed by atoms with Crippen molar-refractivity contribution in [1.82, 2.24) is 4.31 Å². The molecule has 1 N–H and O–H groups in total. The predicted molar refractivity (Wildman–Crippen MR) is 127 cm³/mol. The molecule has 1 heterocycles. The van der Waals surface area contributed by atoms with Crippen molar-refractivity contribution in [3.8, 4) is 5.75 Å². The fourth-order valence-electron chi connectivity index (χ4n) is 4.12. The lowest BCUT2D eigenvalue weighted by Crippen LogP contribution is -2.35. The number of nitrogens with zero attached hydrogens (tertiary/aromatic N) is 1. The molecule has 32 heavy (non-hydrogen) atoms. The van der Waals surface area contributed by atoms with E-state index in [1.54, 1.807) is 12.1 Å². The van der Waals surface area contributed by atoms with Gasteiger partial charge >= 0.3 is 0 Å². The van der Waals surface area contributed by atoms with Gasteiger partial charge < -0.3 is 10.1 Å². The summed E-state index contributed by atoms with van der Waals surface area (Å²) in [4.78, 5) is 13.1. The Balaban J connectivity index is 1.60. The van der Waals surface area contributed by atoms with Gasteiger partial charge in [-0.05, 0) is 54.3 Å². The molecule has 0 atom stereocenters. The number of sulfonamides is 1. The number of carbonyl (C=O) groups excluding carboxylic acids is 1. The summed E-state index contributed by atoms with van der Waals surface area (Å²) in [5.74, 6) is 0.228. The summed E-state index contributed by atoms with van der Waals surface area (Å²) in [5.41, 5.74) is 1.28. The van der Waals surface area contributed by atoms with Crippen LogP contribution in [-0.4, -0.2) is 38.3 Å². The van der Waals surface area contributed by atoms with Gasteiger partial charge in [0.05, 0.1) is 23.6 Å². The zero-order valence-electron chi connectivity index (χ0n) is 18.2. The van der Waals surface area contributed by atoms with Crippen LogP contribution < -0.4 is 10.1 Å². The standard InChI is InChI=1S/C25H28N2O4S/c1-2-31-24-14-13-21(32(29,30)27-15-6-3-7-16-27)18-23(24)26-25(28)17-20-11-8-10-19-9-4-5-12-22(19)20/h4-5,8-14,18H,2-3,6-7,15-17H2,1H3,(H,26,28). The Bertz CT molecular complexity index is 1210. The van der Waals surface area contributed by atoms with E-state index in [9.17, 15) is 13.2 Å². The van der Waals surface area contributed by atoms with Crippen LogP contribution >= 0.6 is 0 Å². The van der Waals surface area contributed by atoms with Crippen LogP contribution in [0, 0.1) is 0 Å². The molecule has 0 aliphatic carbocycles. The Morgan fingerprint density at radius 3 is 2.53 bits per heavy atom. The van der Waals surface area contributed by atoms with Crippen molar-refractivity contribution < 1.29 is 17.9 Å². The summed E-state index contributed by atoms with van der Waals surface area (Å²) in [6, 6.07) is 18.5. The number of amides is 1. The maximum Gasteiger partial charge on any atom is 0.243 e. The van der Waals surface area contributed by atoms with E-state index < -0.39 is 10.0 Å². The number of piperidine rings is 1. The molecule has 4 rings (SSSR count). The Morgan fingerprint density at radius 2 is 1.75 bits per heavy atom. The highest BCUT2D eigenvalue weighted by Crippen LogP contribution is 2.30. The van der Waals surface area contributed by atoms with Crippen LogP contribution in [0.3, 0.4) is 0 Å². The SMILES string of the molecule is CCOc1ccc(S(=O)(=O)N2CCCCC2)cc1NC(=O)Cc1cccc2ccccc12. The number of hydrogen-bond acceptors (Lipinski definition) is 4. The van der Waals surface area contributed by atoms with E-state index in [-0.39, 0.29) is 17.2 Å². The zero-order chi connectivity index (χ0) is 22.6. The number of carbonyl (C=O) groups is 1.